The molecule has 0 bridgehead atoms. The van der Waals surface area contributed by atoms with Crippen molar-refractivity contribution in [3.63, 3.8) is 0 Å². The molecule has 0 radical (unpaired) electrons. The molecule has 3 rings (SSSR count). The molecule has 21 heavy (non-hydrogen) atoms. The third kappa shape index (κ3) is 4.05. The second-order valence-electron chi connectivity index (χ2n) is 5.74. The highest BCUT2D eigenvalue weighted by atomic mass is 35.5. The Morgan fingerprint density at radius 3 is 2.67 bits per heavy atom. The molecule has 110 valence electrons. The van der Waals surface area contributed by atoms with Gasteiger partial charge in [-0.3, -0.25) is 0 Å². The average molecular weight is 304 g/mol. The number of benzene rings is 2. The lowest BCUT2D eigenvalue weighted by molar-refractivity contribution is 0.536. The van der Waals surface area contributed by atoms with Crippen LogP contribution in [0.1, 0.15) is 29.9 Å². The molecule has 2 aromatic carbocycles. The smallest absolute Gasteiger partial charge is 0.126 e. The van der Waals surface area contributed by atoms with E-state index in [2.05, 4.69) is 11.4 Å². The first-order valence-corrected chi connectivity index (χ1v) is 7.82. The summed E-state index contributed by atoms with van der Waals surface area (Å²) in [6.07, 6.45) is 3.27. The van der Waals surface area contributed by atoms with Crippen molar-refractivity contribution in [1.82, 2.24) is 5.32 Å². The number of hydrogen-bond acceptors (Lipinski definition) is 1. The fourth-order valence-electron chi connectivity index (χ4n) is 2.64. The highest BCUT2D eigenvalue weighted by molar-refractivity contribution is 6.30. The molecule has 1 aliphatic rings. The largest absolute Gasteiger partial charge is 0.313 e. The summed E-state index contributed by atoms with van der Waals surface area (Å²) in [5.74, 6) is 0.00684. The Bertz CT molecular complexity index is 610. The highest BCUT2D eigenvalue weighted by Crippen LogP contribution is 2.26. The van der Waals surface area contributed by atoms with Gasteiger partial charge in [0, 0.05) is 23.5 Å². The summed E-state index contributed by atoms with van der Waals surface area (Å²) in [6.45, 7) is 0.804. The molecule has 1 fully saturated rings. The van der Waals surface area contributed by atoms with Crippen LogP contribution in [0.25, 0.3) is 0 Å². The molecule has 1 N–H and O–H groups in total. The van der Waals surface area contributed by atoms with Gasteiger partial charge in [-0.1, -0.05) is 41.9 Å². The predicted molar refractivity (Wildman–Crippen MR) is 85.3 cm³/mol. The fourth-order valence-corrected chi connectivity index (χ4v) is 2.86. The second-order valence-corrected chi connectivity index (χ2v) is 6.17. The molecule has 1 aliphatic carbocycles. The van der Waals surface area contributed by atoms with Gasteiger partial charge in [-0.2, -0.15) is 0 Å². The van der Waals surface area contributed by atoms with Gasteiger partial charge in [-0.15, -0.1) is 0 Å². The number of halogens is 2. The lowest BCUT2D eigenvalue weighted by Gasteiger charge is -2.19. The molecular formula is C18H19ClFN. The topological polar surface area (TPSA) is 12.0 Å². The van der Waals surface area contributed by atoms with Crippen molar-refractivity contribution in [2.45, 2.75) is 31.2 Å². The van der Waals surface area contributed by atoms with E-state index in [1.54, 1.807) is 6.07 Å². The van der Waals surface area contributed by atoms with E-state index in [0.717, 1.165) is 29.1 Å². The van der Waals surface area contributed by atoms with Crippen LogP contribution in [0.15, 0.2) is 48.5 Å². The Morgan fingerprint density at radius 1 is 1.14 bits per heavy atom. The molecule has 1 saturated carbocycles. The van der Waals surface area contributed by atoms with E-state index in [1.807, 2.05) is 30.3 Å². The summed E-state index contributed by atoms with van der Waals surface area (Å²) < 4.78 is 14.1. The van der Waals surface area contributed by atoms with Crippen LogP contribution in [0.4, 0.5) is 4.39 Å². The van der Waals surface area contributed by atoms with E-state index < -0.39 is 0 Å². The zero-order chi connectivity index (χ0) is 14.7. The van der Waals surface area contributed by atoms with Crippen molar-refractivity contribution in [1.29, 1.82) is 0 Å². The summed E-state index contributed by atoms with van der Waals surface area (Å²) >= 11 is 6.05. The Balaban J connectivity index is 1.79. The van der Waals surface area contributed by atoms with Crippen LogP contribution in [0.2, 0.25) is 5.02 Å². The molecule has 0 aliphatic heterocycles. The minimum Gasteiger partial charge on any atom is -0.313 e. The summed E-state index contributed by atoms with van der Waals surface area (Å²) in [6, 6.07) is 15.5. The van der Waals surface area contributed by atoms with Crippen LogP contribution in [0, 0.1) is 5.82 Å². The van der Waals surface area contributed by atoms with Crippen molar-refractivity contribution in [3.8, 4) is 0 Å². The number of nitrogens with one attached hydrogen (secondary N) is 1. The van der Waals surface area contributed by atoms with E-state index >= 15 is 0 Å². The monoisotopic (exact) mass is 303 g/mol. The third-order valence-corrected chi connectivity index (χ3v) is 4.18. The zero-order valence-electron chi connectivity index (χ0n) is 11.9. The van der Waals surface area contributed by atoms with Gasteiger partial charge in [-0.25, -0.2) is 4.39 Å². The summed E-state index contributed by atoms with van der Waals surface area (Å²) in [7, 11) is 0. The quantitative estimate of drug-likeness (QED) is 0.825. The Hall–Kier alpha value is -1.38. The molecule has 0 aromatic heterocycles. The summed E-state index contributed by atoms with van der Waals surface area (Å²) in [4.78, 5) is 0. The normalized spacial score (nSPS) is 15.9. The van der Waals surface area contributed by atoms with Gasteiger partial charge in [0.2, 0.25) is 0 Å². The molecule has 1 nitrogen and oxygen atoms in total. The van der Waals surface area contributed by atoms with Crippen molar-refractivity contribution in [2.75, 3.05) is 6.54 Å². The molecule has 0 spiro atoms. The molecule has 1 atom stereocenters. The van der Waals surface area contributed by atoms with Crippen LogP contribution in [-0.4, -0.2) is 12.6 Å². The van der Waals surface area contributed by atoms with Crippen LogP contribution in [0.3, 0.4) is 0 Å². The van der Waals surface area contributed by atoms with E-state index in [9.17, 15) is 4.39 Å². The maximum atomic E-state index is 14.1. The van der Waals surface area contributed by atoms with Gasteiger partial charge in [0.15, 0.2) is 0 Å². The van der Waals surface area contributed by atoms with Gasteiger partial charge >= 0.3 is 0 Å². The van der Waals surface area contributed by atoms with Crippen LogP contribution in [-0.2, 0) is 6.42 Å². The number of hydrogen-bond donors (Lipinski definition) is 1. The predicted octanol–water partition coefficient (Wildman–Crippen LogP) is 4.56. The van der Waals surface area contributed by atoms with Crippen molar-refractivity contribution >= 4 is 11.6 Å². The van der Waals surface area contributed by atoms with Crippen molar-refractivity contribution < 1.29 is 4.39 Å². The van der Waals surface area contributed by atoms with E-state index in [0.29, 0.717) is 6.04 Å². The molecule has 3 heteroatoms. The van der Waals surface area contributed by atoms with E-state index in [1.165, 1.54) is 18.9 Å². The van der Waals surface area contributed by atoms with Gasteiger partial charge in [0.1, 0.15) is 5.82 Å². The Kier molecular flexibility index (Phi) is 4.57. The molecule has 0 amide bonds. The lowest BCUT2D eigenvalue weighted by Crippen LogP contribution is -2.25. The zero-order valence-corrected chi connectivity index (χ0v) is 12.6. The van der Waals surface area contributed by atoms with E-state index in [4.69, 9.17) is 11.6 Å². The average Bonchev–Trinajstić information content (AvgIpc) is 3.28. The van der Waals surface area contributed by atoms with Gasteiger partial charge in [0.05, 0.1) is 0 Å². The van der Waals surface area contributed by atoms with Crippen molar-refractivity contribution in [2.24, 2.45) is 0 Å². The molecule has 0 saturated heterocycles. The van der Waals surface area contributed by atoms with Gasteiger partial charge < -0.3 is 5.32 Å². The summed E-state index contributed by atoms with van der Waals surface area (Å²) in [5, 5.41) is 4.25. The maximum Gasteiger partial charge on any atom is 0.126 e. The lowest BCUT2D eigenvalue weighted by atomic mass is 9.91. The number of rotatable bonds is 6. The van der Waals surface area contributed by atoms with Crippen molar-refractivity contribution in [3.05, 3.63) is 70.5 Å². The first-order chi connectivity index (χ1) is 10.2. The minimum atomic E-state index is -0.123. The minimum absolute atomic E-state index is 0.123. The standard InChI is InChI=1S/C18H19ClFN/c19-15-5-3-4-13(11-15)10-14(12-21-16-8-9-16)17-6-1-2-7-18(17)20/h1-7,11,14,16,21H,8-10,12H2. The fraction of sp³-hybridized carbons (Fsp3) is 0.333. The first-order valence-electron chi connectivity index (χ1n) is 7.44. The molecular weight excluding hydrogens is 285 g/mol. The third-order valence-electron chi connectivity index (χ3n) is 3.95. The Morgan fingerprint density at radius 2 is 1.95 bits per heavy atom. The van der Waals surface area contributed by atoms with E-state index in [-0.39, 0.29) is 11.7 Å². The highest BCUT2D eigenvalue weighted by Gasteiger charge is 2.23. The van der Waals surface area contributed by atoms with Gasteiger partial charge in [0.25, 0.3) is 0 Å². The Labute approximate surface area is 130 Å². The van der Waals surface area contributed by atoms with Crippen LogP contribution >= 0.6 is 11.6 Å². The molecule has 0 heterocycles. The first kappa shape index (κ1) is 14.6. The van der Waals surface area contributed by atoms with Gasteiger partial charge in [-0.05, 0) is 48.6 Å². The van der Waals surface area contributed by atoms with Crippen LogP contribution < -0.4 is 5.32 Å². The molecule has 2 aromatic rings. The summed E-state index contributed by atoms with van der Waals surface area (Å²) in [5.41, 5.74) is 1.93. The maximum absolute atomic E-state index is 14.1. The SMILES string of the molecule is Fc1ccccc1C(CNC1CC1)Cc1cccc(Cl)c1. The second kappa shape index (κ2) is 6.59. The molecule has 1 unspecified atom stereocenters. The van der Waals surface area contributed by atoms with Crippen LogP contribution in [0.5, 0.6) is 0 Å².